The van der Waals surface area contributed by atoms with Gasteiger partial charge >= 0.3 is 0 Å². The maximum atomic E-state index is 6.48. The van der Waals surface area contributed by atoms with Crippen LogP contribution in [0.5, 0.6) is 0 Å². The number of nitrogens with zero attached hydrogens (tertiary/aromatic N) is 1. The Kier molecular flexibility index (Phi) is 5.65. The molecule has 0 saturated carbocycles. The first-order valence-corrected chi connectivity index (χ1v) is 8.76. The molecule has 1 aliphatic rings. The summed E-state index contributed by atoms with van der Waals surface area (Å²) in [6.45, 7) is 12.0. The summed E-state index contributed by atoms with van der Waals surface area (Å²) in [5.41, 5.74) is 2.44. The summed E-state index contributed by atoms with van der Waals surface area (Å²) in [5.74, 6) is 0. The van der Waals surface area contributed by atoms with Crippen molar-refractivity contribution in [3.63, 3.8) is 0 Å². The lowest BCUT2D eigenvalue weighted by atomic mass is 10.1. The average molecular weight is 313 g/mol. The lowest BCUT2D eigenvalue weighted by Crippen LogP contribution is -2.40. The Hall–Kier alpha value is -0.380. The summed E-state index contributed by atoms with van der Waals surface area (Å²) in [7, 11) is 0. The summed E-state index contributed by atoms with van der Waals surface area (Å²) >= 11 is 8.55. The molecule has 4 heteroatoms. The summed E-state index contributed by atoms with van der Waals surface area (Å²) in [6.07, 6.45) is 0. The molecule has 0 aromatic heterocycles. The van der Waals surface area contributed by atoms with Gasteiger partial charge in [-0.2, -0.15) is 11.8 Å². The molecular formula is C16H25ClN2S. The Balaban J connectivity index is 2.16. The molecule has 2 nitrogen and oxygen atoms in total. The Labute approximate surface area is 132 Å². The second kappa shape index (κ2) is 7.06. The van der Waals surface area contributed by atoms with E-state index in [1.165, 1.54) is 11.3 Å². The van der Waals surface area contributed by atoms with Crippen LogP contribution in [0.1, 0.15) is 39.3 Å². The summed E-state index contributed by atoms with van der Waals surface area (Å²) in [4.78, 5) is 2.46. The smallest absolute Gasteiger partial charge is 0.0474 e. The van der Waals surface area contributed by atoms with Crippen molar-refractivity contribution in [2.45, 2.75) is 44.2 Å². The van der Waals surface area contributed by atoms with Gasteiger partial charge in [0, 0.05) is 40.3 Å². The second-order valence-corrected chi connectivity index (χ2v) is 7.94. The lowest BCUT2D eigenvalue weighted by Gasteiger charge is -2.36. The van der Waals surface area contributed by atoms with Gasteiger partial charge in [0.25, 0.3) is 0 Å². The number of thioether (sulfide) groups is 1. The second-order valence-electron chi connectivity index (χ2n) is 5.65. The number of anilines is 1. The van der Waals surface area contributed by atoms with E-state index in [-0.39, 0.29) is 0 Å². The minimum atomic E-state index is 0.302. The van der Waals surface area contributed by atoms with Gasteiger partial charge in [0.15, 0.2) is 0 Å². The van der Waals surface area contributed by atoms with Crippen LogP contribution < -0.4 is 10.2 Å². The molecule has 112 valence electrons. The Morgan fingerprint density at radius 1 is 1.35 bits per heavy atom. The number of hydrogen-bond acceptors (Lipinski definition) is 3. The van der Waals surface area contributed by atoms with Crippen molar-refractivity contribution < 1.29 is 0 Å². The minimum Gasteiger partial charge on any atom is -0.369 e. The third kappa shape index (κ3) is 3.84. The normalized spacial score (nSPS) is 24.8. The molecule has 3 atom stereocenters. The number of halogens is 1. The molecule has 0 spiro atoms. The lowest BCUT2D eigenvalue weighted by molar-refractivity contribution is 0.598. The molecule has 1 N–H and O–H groups in total. The SMILES string of the molecule is CCNC(C)c1ccc(N2CC(C)SC(C)C2)cc1Cl. The van der Waals surface area contributed by atoms with Gasteiger partial charge < -0.3 is 10.2 Å². The van der Waals surface area contributed by atoms with Crippen molar-refractivity contribution in [3.8, 4) is 0 Å². The van der Waals surface area contributed by atoms with E-state index in [2.05, 4.69) is 67.9 Å². The number of benzene rings is 1. The molecule has 1 aromatic rings. The molecule has 20 heavy (non-hydrogen) atoms. The van der Waals surface area contributed by atoms with Crippen LogP contribution in [-0.4, -0.2) is 30.1 Å². The molecule has 1 heterocycles. The molecule has 3 unspecified atom stereocenters. The highest BCUT2D eigenvalue weighted by molar-refractivity contribution is 8.00. The average Bonchev–Trinajstić information content (AvgIpc) is 2.37. The number of hydrogen-bond donors (Lipinski definition) is 1. The zero-order valence-corrected chi connectivity index (χ0v) is 14.4. The maximum absolute atomic E-state index is 6.48. The van der Waals surface area contributed by atoms with E-state index in [0.717, 1.165) is 24.7 Å². The van der Waals surface area contributed by atoms with Crippen LogP contribution in [0.4, 0.5) is 5.69 Å². The third-order valence-electron chi connectivity index (χ3n) is 3.75. The highest BCUT2D eigenvalue weighted by atomic mass is 35.5. The van der Waals surface area contributed by atoms with Crippen LogP contribution >= 0.6 is 23.4 Å². The van der Waals surface area contributed by atoms with Gasteiger partial charge in [-0.05, 0) is 31.2 Å². The first-order valence-electron chi connectivity index (χ1n) is 7.44. The van der Waals surface area contributed by atoms with Gasteiger partial charge in [0.1, 0.15) is 0 Å². The monoisotopic (exact) mass is 312 g/mol. The van der Waals surface area contributed by atoms with E-state index in [9.17, 15) is 0 Å². The van der Waals surface area contributed by atoms with E-state index >= 15 is 0 Å². The van der Waals surface area contributed by atoms with Gasteiger partial charge in [-0.1, -0.05) is 38.4 Å². The number of nitrogens with one attached hydrogen (secondary N) is 1. The highest BCUT2D eigenvalue weighted by Crippen LogP contribution is 2.32. The molecule has 0 bridgehead atoms. The fourth-order valence-corrected chi connectivity index (χ4v) is 4.53. The van der Waals surface area contributed by atoms with Crippen molar-refractivity contribution in [2.24, 2.45) is 0 Å². The van der Waals surface area contributed by atoms with E-state index in [0.29, 0.717) is 16.5 Å². The predicted octanol–water partition coefficient (Wildman–Crippen LogP) is 4.34. The Morgan fingerprint density at radius 3 is 2.55 bits per heavy atom. The van der Waals surface area contributed by atoms with Gasteiger partial charge in [-0.25, -0.2) is 0 Å². The highest BCUT2D eigenvalue weighted by Gasteiger charge is 2.23. The minimum absolute atomic E-state index is 0.302. The number of rotatable bonds is 4. The molecule has 0 amide bonds. The third-order valence-corrected chi connectivity index (χ3v) is 5.30. The standard InChI is InChI=1S/C16H25ClN2S/c1-5-18-13(4)15-7-6-14(8-16(15)17)19-9-11(2)20-12(3)10-19/h6-8,11-13,18H,5,9-10H2,1-4H3. The molecule has 0 radical (unpaired) electrons. The van der Waals surface area contributed by atoms with E-state index in [1.54, 1.807) is 0 Å². The topological polar surface area (TPSA) is 15.3 Å². The largest absolute Gasteiger partial charge is 0.369 e. The first kappa shape index (κ1) is 16.0. The van der Waals surface area contributed by atoms with E-state index in [4.69, 9.17) is 11.6 Å². The first-order chi connectivity index (χ1) is 9.51. The molecular weight excluding hydrogens is 288 g/mol. The van der Waals surface area contributed by atoms with Crippen LogP contribution in [0, 0.1) is 0 Å². The van der Waals surface area contributed by atoms with Crippen LogP contribution in [0.3, 0.4) is 0 Å². The van der Waals surface area contributed by atoms with Gasteiger partial charge in [0.05, 0.1) is 0 Å². The van der Waals surface area contributed by atoms with Crippen LogP contribution in [0.25, 0.3) is 0 Å². The van der Waals surface area contributed by atoms with Gasteiger partial charge in [-0.3, -0.25) is 0 Å². The van der Waals surface area contributed by atoms with Gasteiger partial charge in [-0.15, -0.1) is 0 Å². The maximum Gasteiger partial charge on any atom is 0.0474 e. The summed E-state index contributed by atoms with van der Waals surface area (Å²) < 4.78 is 0. The van der Waals surface area contributed by atoms with Crippen LogP contribution in [0.2, 0.25) is 5.02 Å². The van der Waals surface area contributed by atoms with E-state index in [1.807, 2.05) is 0 Å². The Bertz CT molecular complexity index is 442. The van der Waals surface area contributed by atoms with Crippen molar-refractivity contribution in [3.05, 3.63) is 28.8 Å². The molecule has 2 rings (SSSR count). The zero-order valence-electron chi connectivity index (χ0n) is 12.8. The molecule has 0 aliphatic carbocycles. The van der Waals surface area contributed by atoms with Crippen molar-refractivity contribution >= 4 is 29.1 Å². The predicted molar refractivity (Wildman–Crippen MR) is 92.3 cm³/mol. The van der Waals surface area contributed by atoms with Crippen LogP contribution in [0.15, 0.2) is 18.2 Å². The molecule has 1 aliphatic heterocycles. The fourth-order valence-electron chi connectivity index (χ4n) is 2.87. The van der Waals surface area contributed by atoms with E-state index < -0.39 is 0 Å². The summed E-state index contributed by atoms with van der Waals surface area (Å²) in [6, 6.07) is 6.81. The van der Waals surface area contributed by atoms with Crippen molar-refractivity contribution in [1.29, 1.82) is 0 Å². The molecule has 1 fully saturated rings. The quantitative estimate of drug-likeness (QED) is 0.890. The zero-order chi connectivity index (χ0) is 14.7. The molecule has 1 aromatic carbocycles. The summed E-state index contributed by atoms with van der Waals surface area (Å²) in [5, 5.41) is 5.64. The molecule has 1 saturated heterocycles. The van der Waals surface area contributed by atoms with Gasteiger partial charge in [0.2, 0.25) is 0 Å². The van der Waals surface area contributed by atoms with Crippen molar-refractivity contribution in [2.75, 3.05) is 24.5 Å². The van der Waals surface area contributed by atoms with Crippen LogP contribution in [-0.2, 0) is 0 Å². The Morgan fingerprint density at radius 2 is 2.00 bits per heavy atom. The fraction of sp³-hybridized carbons (Fsp3) is 0.625. The van der Waals surface area contributed by atoms with Crippen molar-refractivity contribution in [1.82, 2.24) is 5.32 Å².